The molecule has 0 aliphatic carbocycles. The minimum Gasteiger partial charge on any atom is -0.464 e. The Morgan fingerprint density at radius 3 is 2.42 bits per heavy atom. The summed E-state index contributed by atoms with van der Waals surface area (Å²) in [6.45, 7) is 0. The van der Waals surface area contributed by atoms with Crippen LogP contribution in [0.5, 0.6) is 0 Å². The molecule has 1 heterocycles. The van der Waals surface area contributed by atoms with Gasteiger partial charge in [-0.15, -0.1) is 0 Å². The number of nitrogens with zero attached hydrogens (tertiary/aromatic N) is 1. The molecule has 0 aliphatic rings. The van der Waals surface area contributed by atoms with E-state index in [1.807, 2.05) is 18.2 Å². The molecule has 4 heteroatoms. The molecule has 2 rings (SSSR count). The Morgan fingerprint density at radius 1 is 1.11 bits per heavy atom. The standard InChI is InChI=1S/C15H13NO3/c1-19-15(18)13-8-7-11(10-16-13)9-14(17)12-5-3-2-4-6-12/h2-8,10H,9H2,1H3. The van der Waals surface area contributed by atoms with Crippen LogP contribution in [0.25, 0.3) is 0 Å². The van der Waals surface area contributed by atoms with Crippen LogP contribution in [-0.4, -0.2) is 23.8 Å². The van der Waals surface area contributed by atoms with Crippen molar-refractivity contribution in [2.24, 2.45) is 0 Å². The fourth-order valence-electron chi connectivity index (χ4n) is 1.67. The average Bonchev–Trinajstić information content (AvgIpc) is 2.48. The van der Waals surface area contributed by atoms with Crippen LogP contribution < -0.4 is 0 Å². The summed E-state index contributed by atoms with van der Waals surface area (Å²) >= 11 is 0. The molecule has 0 bridgehead atoms. The zero-order valence-electron chi connectivity index (χ0n) is 10.5. The molecule has 19 heavy (non-hydrogen) atoms. The molecule has 1 aromatic heterocycles. The fourth-order valence-corrected chi connectivity index (χ4v) is 1.67. The molecule has 0 saturated heterocycles. The highest BCUT2D eigenvalue weighted by atomic mass is 16.5. The van der Waals surface area contributed by atoms with Crippen LogP contribution in [-0.2, 0) is 11.2 Å². The van der Waals surface area contributed by atoms with Crippen molar-refractivity contribution in [1.82, 2.24) is 4.98 Å². The van der Waals surface area contributed by atoms with Crippen molar-refractivity contribution in [3.05, 3.63) is 65.5 Å². The number of esters is 1. The number of rotatable bonds is 4. The van der Waals surface area contributed by atoms with Crippen molar-refractivity contribution in [2.75, 3.05) is 7.11 Å². The van der Waals surface area contributed by atoms with Gasteiger partial charge in [-0.05, 0) is 11.6 Å². The lowest BCUT2D eigenvalue weighted by Crippen LogP contribution is -2.07. The highest BCUT2D eigenvalue weighted by Crippen LogP contribution is 2.08. The van der Waals surface area contributed by atoms with Crippen LogP contribution in [0.4, 0.5) is 0 Å². The quantitative estimate of drug-likeness (QED) is 0.621. The Labute approximate surface area is 111 Å². The third-order valence-corrected chi connectivity index (χ3v) is 2.68. The van der Waals surface area contributed by atoms with Crippen molar-refractivity contribution < 1.29 is 14.3 Å². The summed E-state index contributed by atoms with van der Waals surface area (Å²) in [6, 6.07) is 12.3. The summed E-state index contributed by atoms with van der Waals surface area (Å²) in [6.07, 6.45) is 1.78. The van der Waals surface area contributed by atoms with E-state index in [-0.39, 0.29) is 17.9 Å². The maximum atomic E-state index is 12.0. The number of ether oxygens (including phenoxy) is 1. The summed E-state index contributed by atoms with van der Waals surface area (Å²) in [5, 5.41) is 0. The maximum absolute atomic E-state index is 12.0. The maximum Gasteiger partial charge on any atom is 0.356 e. The normalized spacial score (nSPS) is 9.95. The van der Waals surface area contributed by atoms with Gasteiger partial charge < -0.3 is 4.74 Å². The minimum absolute atomic E-state index is 0.0215. The molecule has 0 N–H and O–H groups in total. The highest BCUT2D eigenvalue weighted by molar-refractivity contribution is 5.97. The Kier molecular flexibility index (Phi) is 4.03. The molecule has 4 nitrogen and oxygen atoms in total. The second-order valence-electron chi connectivity index (χ2n) is 4.01. The van der Waals surface area contributed by atoms with Crippen molar-refractivity contribution in [1.29, 1.82) is 0 Å². The predicted molar refractivity (Wildman–Crippen MR) is 70.1 cm³/mol. The van der Waals surface area contributed by atoms with Crippen LogP contribution in [0.15, 0.2) is 48.7 Å². The lowest BCUT2D eigenvalue weighted by Gasteiger charge is -2.02. The Balaban J connectivity index is 2.08. The van der Waals surface area contributed by atoms with Crippen molar-refractivity contribution in [2.45, 2.75) is 6.42 Å². The largest absolute Gasteiger partial charge is 0.464 e. The van der Waals surface area contributed by atoms with Gasteiger partial charge in [-0.2, -0.15) is 0 Å². The van der Waals surface area contributed by atoms with E-state index in [1.54, 1.807) is 24.3 Å². The van der Waals surface area contributed by atoms with E-state index in [0.29, 0.717) is 5.56 Å². The van der Waals surface area contributed by atoms with Gasteiger partial charge in [-0.1, -0.05) is 36.4 Å². The highest BCUT2D eigenvalue weighted by Gasteiger charge is 2.09. The van der Waals surface area contributed by atoms with E-state index >= 15 is 0 Å². The lowest BCUT2D eigenvalue weighted by atomic mass is 10.0. The summed E-state index contributed by atoms with van der Waals surface area (Å²) < 4.78 is 4.56. The minimum atomic E-state index is -0.485. The number of carbonyl (C=O) groups is 2. The van der Waals surface area contributed by atoms with Crippen LogP contribution in [0.2, 0.25) is 0 Å². The second-order valence-corrected chi connectivity index (χ2v) is 4.01. The summed E-state index contributed by atoms with van der Waals surface area (Å²) in [5.41, 5.74) is 1.67. The molecule has 0 saturated carbocycles. The summed E-state index contributed by atoms with van der Waals surface area (Å²) in [5.74, 6) is -0.464. The molecular weight excluding hydrogens is 242 g/mol. The van der Waals surface area contributed by atoms with E-state index in [2.05, 4.69) is 9.72 Å². The molecule has 0 unspecified atom stereocenters. The smallest absolute Gasteiger partial charge is 0.356 e. The number of benzene rings is 1. The van der Waals surface area contributed by atoms with Crippen molar-refractivity contribution in [3.63, 3.8) is 0 Å². The first-order chi connectivity index (χ1) is 9.20. The van der Waals surface area contributed by atoms with Gasteiger partial charge >= 0.3 is 5.97 Å². The molecule has 0 spiro atoms. The van der Waals surface area contributed by atoms with Gasteiger partial charge in [0.25, 0.3) is 0 Å². The lowest BCUT2D eigenvalue weighted by molar-refractivity contribution is 0.0594. The molecule has 1 aromatic carbocycles. The van der Waals surface area contributed by atoms with Crippen molar-refractivity contribution in [3.8, 4) is 0 Å². The first kappa shape index (κ1) is 13.0. The molecular formula is C15H13NO3. The topological polar surface area (TPSA) is 56.3 Å². The first-order valence-corrected chi connectivity index (χ1v) is 5.82. The number of ketones is 1. The van der Waals surface area contributed by atoms with E-state index < -0.39 is 5.97 Å². The monoisotopic (exact) mass is 255 g/mol. The molecule has 0 radical (unpaired) electrons. The number of pyridine rings is 1. The van der Waals surface area contributed by atoms with Gasteiger partial charge in [0.2, 0.25) is 0 Å². The van der Waals surface area contributed by atoms with Gasteiger partial charge in [0.05, 0.1) is 7.11 Å². The predicted octanol–water partition coefficient (Wildman–Crippen LogP) is 2.29. The SMILES string of the molecule is COC(=O)c1ccc(CC(=O)c2ccccc2)cn1. The third-order valence-electron chi connectivity index (χ3n) is 2.68. The van der Waals surface area contributed by atoms with E-state index in [0.717, 1.165) is 5.56 Å². The van der Waals surface area contributed by atoms with Crippen LogP contribution in [0.1, 0.15) is 26.4 Å². The molecule has 0 aliphatic heterocycles. The van der Waals surface area contributed by atoms with E-state index in [1.165, 1.54) is 13.3 Å². The Bertz CT molecular complexity index is 576. The molecule has 0 amide bonds. The van der Waals surface area contributed by atoms with Gasteiger partial charge in [0.1, 0.15) is 5.69 Å². The second kappa shape index (κ2) is 5.91. The Morgan fingerprint density at radius 2 is 1.84 bits per heavy atom. The Hall–Kier alpha value is -2.49. The zero-order valence-corrected chi connectivity index (χ0v) is 10.5. The number of hydrogen-bond acceptors (Lipinski definition) is 4. The van der Waals surface area contributed by atoms with Gasteiger partial charge in [-0.3, -0.25) is 4.79 Å². The number of aromatic nitrogens is 1. The number of carbonyl (C=O) groups excluding carboxylic acids is 2. The van der Waals surface area contributed by atoms with Crippen molar-refractivity contribution >= 4 is 11.8 Å². The number of methoxy groups -OCH3 is 1. The van der Waals surface area contributed by atoms with Crippen LogP contribution in [0.3, 0.4) is 0 Å². The molecule has 0 atom stereocenters. The average molecular weight is 255 g/mol. The van der Waals surface area contributed by atoms with E-state index in [9.17, 15) is 9.59 Å². The zero-order chi connectivity index (χ0) is 13.7. The molecule has 2 aromatic rings. The summed E-state index contributed by atoms with van der Waals surface area (Å²) in [4.78, 5) is 27.2. The molecule has 96 valence electrons. The summed E-state index contributed by atoms with van der Waals surface area (Å²) in [7, 11) is 1.30. The molecule has 0 fully saturated rings. The van der Waals surface area contributed by atoms with Gasteiger partial charge in [-0.25, -0.2) is 9.78 Å². The third kappa shape index (κ3) is 3.25. The fraction of sp³-hybridized carbons (Fsp3) is 0.133. The van der Waals surface area contributed by atoms with Crippen LogP contribution >= 0.6 is 0 Å². The number of Topliss-reactive ketones (excluding diaryl/α,β-unsaturated/α-hetero) is 1. The van der Waals surface area contributed by atoms with Gasteiger partial charge in [0.15, 0.2) is 5.78 Å². The number of hydrogen-bond donors (Lipinski definition) is 0. The first-order valence-electron chi connectivity index (χ1n) is 5.82. The van der Waals surface area contributed by atoms with E-state index in [4.69, 9.17) is 0 Å². The van der Waals surface area contributed by atoms with Gasteiger partial charge in [0, 0.05) is 18.2 Å². The van der Waals surface area contributed by atoms with Crippen LogP contribution in [0, 0.1) is 0 Å².